The Morgan fingerprint density at radius 2 is 1.38 bits per heavy atom. The molecule has 1 amide bonds. The first-order valence-corrected chi connectivity index (χ1v) is 4.72. The standard InChI is InChI=1S/C6H6.C4H9NO.C2H3O.Y/c1-2-4-6-5-3-1;1-3-4(6)5-2;1-2-3;/h1-6H;3H2,1-2H3,(H,5,6);1H3;/q;;-1;. The van der Waals surface area contributed by atoms with Crippen molar-refractivity contribution in [3.8, 4) is 0 Å². The molecule has 0 saturated carbocycles. The first-order chi connectivity index (χ1) is 7.22. The molecule has 1 aromatic rings. The van der Waals surface area contributed by atoms with E-state index in [-0.39, 0.29) is 38.6 Å². The van der Waals surface area contributed by atoms with Crippen LogP contribution < -0.4 is 5.32 Å². The maximum Gasteiger partial charge on any atom is 0.219 e. The molecule has 1 radical (unpaired) electrons. The van der Waals surface area contributed by atoms with Crippen LogP contribution in [0.15, 0.2) is 36.4 Å². The quantitative estimate of drug-likeness (QED) is 0.805. The molecule has 0 fully saturated rings. The molecule has 3 nitrogen and oxygen atoms in total. The molecule has 0 aliphatic heterocycles. The van der Waals surface area contributed by atoms with E-state index < -0.39 is 0 Å². The fourth-order valence-electron chi connectivity index (χ4n) is 0.562. The van der Waals surface area contributed by atoms with Crippen molar-refractivity contribution in [3.63, 3.8) is 0 Å². The van der Waals surface area contributed by atoms with Crippen LogP contribution in [0.4, 0.5) is 0 Å². The third-order valence-electron chi connectivity index (χ3n) is 1.27. The molecular formula is C12H18NO2Y-. The van der Waals surface area contributed by atoms with Crippen molar-refractivity contribution in [2.24, 2.45) is 0 Å². The van der Waals surface area contributed by atoms with Gasteiger partial charge in [0.2, 0.25) is 5.91 Å². The molecule has 1 aromatic carbocycles. The molecule has 0 unspecified atom stereocenters. The molecule has 4 heteroatoms. The summed E-state index contributed by atoms with van der Waals surface area (Å²) in [4.78, 5) is 18.8. The maximum atomic E-state index is 10.1. The average Bonchev–Trinajstić information content (AvgIpc) is 2.32. The number of amides is 1. The zero-order chi connectivity index (χ0) is 11.9. The van der Waals surface area contributed by atoms with Gasteiger partial charge in [-0.1, -0.05) is 43.3 Å². The second kappa shape index (κ2) is 20.0. The van der Waals surface area contributed by atoms with Gasteiger partial charge in [-0.15, -0.1) is 0 Å². The minimum absolute atomic E-state index is 0. The van der Waals surface area contributed by atoms with Gasteiger partial charge in [-0.05, 0) is 0 Å². The molecular weight excluding hydrogens is 279 g/mol. The molecule has 1 N–H and O–H groups in total. The molecule has 1 rings (SSSR count). The van der Waals surface area contributed by atoms with Gasteiger partial charge in [0, 0.05) is 46.2 Å². The Morgan fingerprint density at radius 1 is 1.12 bits per heavy atom. The SMILES string of the molecule is CCC(=O)NC.C[C-]=O.[Y].c1ccccc1. The van der Waals surface area contributed by atoms with Crippen LogP contribution >= 0.6 is 0 Å². The summed E-state index contributed by atoms with van der Waals surface area (Å²) in [6.07, 6.45) is 2.08. The monoisotopic (exact) mass is 297 g/mol. The zero-order valence-electron chi connectivity index (χ0n) is 10.1. The minimum atomic E-state index is 0. The minimum Gasteiger partial charge on any atom is -0.542 e. The van der Waals surface area contributed by atoms with Crippen LogP contribution in [0, 0.1) is 0 Å². The van der Waals surface area contributed by atoms with Crippen molar-refractivity contribution >= 4 is 12.2 Å². The van der Waals surface area contributed by atoms with Gasteiger partial charge in [0.05, 0.1) is 0 Å². The summed E-state index contributed by atoms with van der Waals surface area (Å²) in [7, 11) is 1.63. The van der Waals surface area contributed by atoms with Crippen LogP contribution in [0.2, 0.25) is 0 Å². The van der Waals surface area contributed by atoms with E-state index in [9.17, 15) is 4.79 Å². The smallest absolute Gasteiger partial charge is 0.219 e. The van der Waals surface area contributed by atoms with Crippen molar-refractivity contribution in [2.45, 2.75) is 20.3 Å². The Morgan fingerprint density at radius 3 is 1.44 bits per heavy atom. The summed E-state index contributed by atoms with van der Waals surface area (Å²) in [6.45, 7) is 3.14. The number of carbonyl (C=O) groups excluding carboxylic acids is 2. The van der Waals surface area contributed by atoms with Crippen LogP contribution in [0.25, 0.3) is 0 Å². The number of benzene rings is 1. The molecule has 0 aliphatic rings. The van der Waals surface area contributed by atoms with E-state index >= 15 is 0 Å². The van der Waals surface area contributed by atoms with Crippen molar-refractivity contribution < 1.29 is 42.3 Å². The predicted octanol–water partition coefficient (Wildman–Crippen LogP) is 1.94. The van der Waals surface area contributed by atoms with Crippen LogP contribution in [0.5, 0.6) is 0 Å². The fraction of sp³-hybridized carbons (Fsp3) is 0.333. The van der Waals surface area contributed by atoms with Crippen molar-refractivity contribution in [1.82, 2.24) is 5.32 Å². The molecule has 0 saturated heterocycles. The molecule has 16 heavy (non-hydrogen) atoms. The topological polar surface area (TPSA) is 46.2 Å². The first-order valence-electron chi connectivity index (χ1n) is 4.72. The van der Waals surface area contributed by atoms with Gasteiger partial charge in [-0.25, -0.2) is 0 Å². The average molecular weight is 297 g/mol. The normalized spacial score (nSPS) is 6.69. The summed E-state index contributed by atoms with van der Waals surface area (Å²) in [5.74, 6) is 0.0926. The van der Waals surface area contributed by atoms with Crippen molar-refractivity contribution in [3.05, 3.63) is 36.4 Å². The molecule has 0 aromatic heterocycles. The number of carbonyl (C=O) groups is 1. The molecule has 0 atom stereocenters. The summed E-state index contributed by atoms with van der Waals surface area (Å²) < 4.78 is 0. The zero-order valence-corrected chi connectivity index (χ0v) is 12.9. The molecule has 0 spiro atoms. The fourth-order valence-corrected chi connectivity index (χ4v) is 0.562. The van der Waals surface area contributed by atoms with Crippen LogP contribution in [-0.2, 0) is 42.3 Å². The van der Waals surface area contributed by atoms with E-state index in [0.717, 1.165) is 0 Å². The van der Waals surface area contributed by atoms with Gasteiger partial charge < -0.3 is 10.1 Å². The van der Waals surface area contributed by atoms with E-state index in [1.807, 2.05) is 43.3 Å². The second-order valence-corrected chi connectivity index (χ2v) is 2.39. The van der Waals surface area contributed by atoms with E-state index in [2.05, 4.69) is 5.32 Å². The molecule has 87 valence electrons. The maximum absolute atomic E-state index is 10.1. The number of nitrogens with one attached hydrogen (secondary N) is 1. The Labute approximate surface area is 123 Å². The van der Waals surface area contributed by atoms with Crippen LogP contribution in [0.3, 0.4) is 0 Å². The second-order valence-electron chi connectivity index (χ2n) is 2.39. The summed E-state index contributed by atoms with van der Waals surface area (Å²) in [5.41, 5.74) is 0. The molecule has 0 bridgehead atoms. The van der Waals surface area contributed by atoms with E-state index in [0.29, 0.717) is 6.42 Å². The largest absolute Gasteiger partial charge is 0.542 e. The molecule has 0 heterocycles. The Balaban J connectivity index is -0.000000163. The van der Waals surface area contributed by atoms with Gasteiger partial charge in [0.1, 0.15) is 0 Å². The first kappa shape index (κ1) is 20.8. The van der Waals surface area contributed by atoms with E-state index in [1.54, 1.807) is 7.05 Å². The molecule has 0 aliphatic carbocycles. The summed E-state index contributed by atoms with van der Waals surface area (Å²) >= 11 is 0. The summed E-state index contributed by atoms with van der Waals surface area (Å²) in [5, 5.41) is 2.48. The van der Waals surface area contributed by atoms with Crippen molar-refractivity contribution in [1.29, 1.82) is 0 Å². The number of rotatable bonds is 1. The predicted molar refractivity (Wildman–Crippen MR) is 62.2 cm³/mol. The van der Waals surface area contributed by atoms with E-state index in [4.69, 9.17) is 4.79 Å². The van der Waals surface area contributed by atoms with Crippen LogP contribution in [0.1, 0.15) is 20.3 Å². The van der Waals surface area contributed by atoms with Gasteiger partial charge in [-0.3, -0.25) is 11.1 Å². The van der Waals surface area contributed by atoms with Gasteiger partial charge in [-0.2, -0.15) is 6.92 Å². The Bertz CT molecular complexity index is 207. The number of hydrogen-bond acceptors (Lipinski definition) is 2. The summed E-state index contributed by atoms with van der Waals surface area (Å²) in [6, 6.07) is 12.0. The van der Waals surface area contributed by atoms with Gasteiger partial charge in [0.15, 0.2) is 0 Å². The van der Waals surface area contributed by atoms with E-state index in [1.165, 1.54) is 13.2 Å². The van der Waals surface area contributed by atoms with Crippen molar-refractivity contribution in [2.75, 3.05) is 7.05 Å². The third kappa shape index (κ3) is 23.4. The number of hydrogen-bond donors (Lipinski definition) is 1. The van der Waals surface area contributed by atoms with Crippen LogP contribution in [-0.4, -0.2) is 19.2 Å². The van der Waals surface area contributed by atoms with Gasteiger partial charge in [0.25, 0.3) is 0 Å². The third-order valence-corrected chi connectivity index (χ3v) is 1.27. The van der Waals surface area contributed by atoms with Gasteiger partial charge >= 0.3 is 0 Å². The Kier molecular flexibility index (Phi) is 26.0. The Hall–Kier alpha value is -0.536.